The molecule has 5 nitrogen and oxygen atoms in total. The molecule has 0 fully saturated rings. The monoisotopic (exact) mass is 309 g/mol. The molecule has 5 heteroatoms. The summed E-state index contributed by atoms with van der Waals surface area (Å²) in [7, 11) is 0. The molecule has 0 aliphatic carbocycles. The molecule has 0 radical (unpaired) electrons. The predicted octanol–water partition coefficient (Wildman–Crippen LogP) is 2.40. The summed E-state index contributed by atoms with van der Waals surface area (Å²) >= 11 is 0. The zero-order valence-electron chi connectivity index (χ0n) is 12.6. The minimum atomic E-state index is -0.799. The lowest BCUT2D eigenvalue weighted by Crippen LogP contribution is -2.37. The van der Waals surface area contributed by atoms with Crippen molar-refractivity contribution in [1.82, 2.24) is 0 Å². The van der Waals surface area contributed by atoms with Gasteiger partial charge >= 0.3 is 0 Å². The van der Waals surface area contributed by atoms with Crippen LogP contribution in [0.2, 0.25) is 0 Å². The van der Waals surface area contributed by atoms with E-state index < -0.39 is 5.41 Å². The van der Waals surface area contributed by atoms with Crippen molar-refractivity contribution in [2.45, 2.75) is 12.3 Å². The Balaban J connectivity index is 1.76. The van der Waals surface area contributed by atoms with Gasteiger partial charge in [-0.25, -0.2) is 0 Å². The molecule has 3 heterocycles. The molecule has 0 saturated heterocycles. The van der Waals surface area contributed by atoms with E-state index in [4.69, 9.17) is 14.2 Å². The fraction of sp³-hybridized carbons (Fsp3) is 0.278. The van der Waals surface area contributed by atoms with Gasteiger partial charge in [-0.3, -0.25) is 4.79 Å². The van der Waals surface area contributed by atoms with Gasteiger partial charge in [0.25, 0.3) is 0 Å². The summed E-state index contributed by atoms with van der Waals surface area (Å²) in [5, 5.41) is 2.99. The van der Waals surface area contributed by atoms with E-state index in [1.54, 1.807) is 0 Å². The van der Waals surface area contributed by atoms with Crippen molar-refractivity contribution in [2.75, 3.05) is 25.1 Å². The molecular formula is C18H15NO4. The van der Waals surface area contributed by atoms with Crippen LogP contribution in [0.4, 0.5) is 5.69 Å². The highest BCUT2D eigenvalue weighted by Gasteiger charge is 2.54. The zero-order chi connectivity index (χ0) is 15.6. The number of amides is 1. The average Bonchev–Trinajstić information content (AvgIpc) is 3.06. The van der Waals surface area contributed by atoms with Crippen LogP contribution >= 0.6 is 0 Å². The number of benzene rings is 2. The Morgan fingerprint density at radius 3 is 2.57 bits per heavy atom. The Kier molecular flexibility index (Phi) is 2.33. The molecule has 1 amide bonds. The maximum Gasteiger partial charge on any atom is 0.243 e. The molecule has 2 aromatic carbocycles. The zero-order valence-corrected chi connectivity index (χ0v) is 12.6. The fourth-order valence-corrected chi connectivity index (χ4v) is 3.67. The number of anilines is 1. The number of fused-ring (bicyclic) bond motifs is 5. The van der Waals surface area contributed by atoms with Crippen molar-refractivity contribution in [1.29, 1.82) is 0 Å². The number of carbonyl (C=O) groups excluding carboxylic acids is 1. The van der Waals surface area contributed by atoms with Crippen molar-refractivity contribution in [3.05, 3.63) is 47.0 Å². The topological polar surface area (TPSA) is 56.8 Å². The lowest BCUT2D eigenvalue weighted by atomic mass is 9.76. The van der Waals surface area contributed by atoms with Crippen LogP contribution in [0, 0.1) is 6.92 Å². The standard InChI is InChI=1S/C18H15NO4/c1-10-2-3-13-11(6-10)18(17(20)19-13)9-23-14-8-16-15(7-12(14)18)21-4-5-22-16/h2-3,6-8H,4-5,9H2,1H3,(H,19,20). The summed E-state index contributed by atoms with van der Waals surface area (Å²) in [6.45, 7) is 3.37. The maximum atomic E-state index is 12.8. The largest absolute Gasteiger partial charge is 0.491 e. The molecule has 116 valence electrons. The van der Waals surface area contributed by atoms with Gasteiger partial charge < -0.3 is 19.5 Å². The van der Waals surface area contributed by atoms with Crippen LogP contribution in [0.5, 0.6) is 17.2 Å². The molecule has 1 spiro atoms. The highest BCUT2D eigenvalue weighted by atomic mass is 16.6. The molecule has 1 atom stereocenters. The number of rotatable bonds is 0. The normalized spacial score (nSPS) is 23.3. The van der Waals surface area contributed by atoms with E-state index in [0.717, 1.165) is 22.4 Å². The summed E-state index contributed by atoms with van der Waals surface area (Å²) in [4.78, 5) is 12.8. The first-order chi connectivity index (χ1) is 11.2. The lowest BCUT2D eigenvalue weighted by molar-refractivity contribution is -0.119. The lowest BCUT2D eigenvalue weighted by Gasteiger charge is -2.23. The molecule has 3 aliphatic rings. The third-order valence-electron chi connectivity index (χ3n) is 4.82. The first-order valence-corrected chi connectivity index (χ1v) is 7.68. The quantitative estimate of drug-likeness (QED) is 0.812. The molecule has 0 bridgehead atoms. The van der Waals surface area contributed by atoms with E-state index in [1.807, 2.05) is 31.2 Å². The predicted molar refractivity (Wildman–Crippen MR) is 83.5 cm³/mol. The summed E-state index contributed by atoms with van der Waals surface area (Å²) < 4.78 is 17.2. The summed E-state index contributed by atoms with van der Waals surface area (Å²) in [6.07, 6.45) is 0. The van der Waals surface area contributed by atoms with E-state index in [9.17, 15) is 4.79 Å². The average molecular weight is 309 g/mol. The van der Waals surface area contributed by atoms with Crippen molar-refractivity contribution in [3.63, 3.8) is 0 Å². The minimum Gasteiger partial charge on any atom is -0.491 e. The van der Waals surface area contributed by atoms with Gasteiger partial charge in [-0.1, -0.05) is 17.7 Å². The van der Waals surface area contributed by atoms with Gasteiger partial charge in [-0.2, -0.15) is 0 Å². The first kappa shape index (κ1) is 12.8. The van der Waals surface area contributed by atoms with Gasteiger partial charge in [0.1, 0.15) is 31.0 Å². The molecule has 5 rings (SSSR count). The Morgan fingerprint density at radius 1 is 0.957 bits per heavy atom. The van der Waals surface area contributed by atoms with Gasteiger partial charge in [0, 0.05) is 17.3 Å². The van der Waals surface area contributed by atoms with Crippen LogP contribution in [0.3, 0.4) is 0 Å². The number of hydrogen-bond acceptors (Lipinski definition) is 4. The number of nitrogens with one attached hydrogen (secondary N) is 1. The third-order valence-corrected chi connectivity index (χ3v) is 4.82. The highest BCUT2D eigenvalue weighted by molar-refractivity contribution is 6.10. The van der Waals surface area contributed by atoms with Crippen molar-refractivity contribution in [2.24, 2.45) is 0 Å². The fourth-order valence-electron chi connectivity index (χ4n) is 3.67. The van der Waals surface area contributed by atoms with Gasteiger partial charge in [-0.05, 0) is 24.6 Å². The molecule has 0 saturated carbocycles. The third kappa shape index (κ3) is 1.54. The smallest absolute Gasteiger partial charge is 0.243 e. The molecule has 1 N–H and O–H groups in total. The van der Waals surface area contributed by atoms with Gasteiger partial charge in [0.05, 0.1) is 0 Å². The van der Waals surface area contributed by atoms with Crippen LogP contribution < -0.4 is 19.5 Å². The summed E-state index contributed by atoms with van der Waals surface area (Å²) in [5.41, 5.74) is 2.99. The van der Waals surface area contributed by atoms with Crippen LogP contribution in [0.1, 0.15) is 16.7 Å². The Hall–Kier alpha value is -2.69. The minimum absolute atomic E-state index is 0.0477. The van der Waals surface area contributed by atoms with E-state index >= 15 is 0 Å². The van der Waals surface area contributed by atoms with Crippen molar-refractivity contribution >= 4 is 11.6 Å². The van der Waals surface area contributed by atoms with Crippen molar-refractivity contribution < 1.29 is 19.0 Å². The molecule has 1 unspecified atom stereocenters. The molecule has 2 aromatic rings. The number of hydrogen-bond donors (Lipinski definition) is 1. The maximum absolute atomic E-state index is 12.8. The SMILES string of the molecule is Cc1ccc2c(c1)C1(COc3cc4c(cc31)OCCO4)C(=O)N2. The highest BCUT2D eigenvalue weighted by Crippen LogP contribution is 2.53. The Bertz CT molecular complexity index is 860. The van der Waals surface area contributed by atoms with Crippen LogP contribution in [-0.4, -0.2) is 25.7 Å². The van der Waals surface area contributed by atoms with E-state index in [0.29, 0.717) is 37.1 Å². The number of ether oxygens (including phenoxy) is 3. The first-order valence-electron chi connectivity index (χ1n) is 7.68. The second kappa shape index (κ2) is 4.19. The molecule has 0 aromatic heterocycles. The number of carbonyl (C=O) groups is 1. The van der Waals surface area contributed by atoms with Crippen LogP contribution in [0.15, 0.2) is 30.3 Å². The second-order valence-electron chi connectivity index (χ2n) is 6.19. The molecular weight excluding hydrogens is 294 g/mol. The molecule has 23 heavy (non-hydrogen) atoms. The van der Waals surface area contributed by atoms with Gasteiger partial charge in [0.15, 0.2) is 11.5 Å². The Morgan fingerprint density at radius 2 is 1.74 bits per heavy atom. The van der Waals surface area contributed by atoms with Crippen molar-refractivity contribution in [3.8, 4) is 17.2 Å². The van der Waals surface area contributed by atoms with Crippen LogP contribution in [-0.2, 0) is 10.2 Å². The Labute approximate surface area is 133 Å². The second-order valence-corrected chi connectivity index (χ2v) is 6.19. The number of aryl methyl sites for hydroxylation is 1. The van der Waals surface area contributed by atoms with E-state index in [1.165, 1.54) is 0 Å². The van der Waals surface area contributed by atoms with E-state index in [2.05, 4.69) is 11.4 Å². The van der Waals surface area contributed by atoms with Gasteiger partial charge in [-0.15, -0.1) is 0 Å². The van der Waals surface area contributed by atoms with Gasteiger partial charge in [0.2, 0.25) is 5.91 Å². The van der Waals surface area contributed by atoms with E-state index in [-0.39, 0.29) is 5.91 Å². The summed E-state index contributed by atoms with van der Waals surface area (Å²) in [5.74, 6) is 2.00. The molecule has 3 aliphatic heterocycles. The summed E-state index contributed by atoms with van der Waals surface area (Å²) in [6, 6.07) is 9.74. The van der Waals surface area contributed by atoms with Crippen LogP contribution in [0.25, 0.3) is 0 Å².